The van der Waals surface area contributed by atoms with Crippen LogP contribution in [0.1, 0.15) is 50.7 Å². The second kappa shape index (κ2) is 3.56. The smallest absolute Gasteiger partial charge is 0.163 e. The average Bonchev–Trinajstić information content (AvgIpc) is 2.45. The zero-order chi connectivity index (χ0) is 10.9. The number of nitrogens with zero attached hydrogens (tertiary/aromatic N) is 2. The number of aromatic nitrogens is 2. The summed E-state index contributed by atoms with van der Waals surface area (Å²) in [5.41, 5.74) is 1.73. The van der Waals surface area contributed by atoms with Gasteiger partial charge in [-0.05, 0) is 34.1 Å². The van der Waals surface area contributed by atoms with E-state index < -0.39 is 0 Å². The van der Waals surface area contributed by atoms with E-state index in [0.29, 0.717) is 0 Å². The number of hydrogen-bond acceptors (Lipinski definition) is 2. The summed E-state index contributed by atoms with van der Waals surface area (Å²) < 4.78 is 1.93. The predicted molar refractivity (Wildman–Crippen MR) is 56.6 cm³/mol. The minimum Gasteiger partial charge on any atom is -0.294 e. The van der Waals surface area contributed by atoms with E-state index in [4.69, 9.17) is 0 Å². The molecule has 0 atom stereocenters. The molecule has 0 spiro atoms. The quantitative estimate of drug-likeness (QED) is 0.678. The molecular weight excluding hydrogens is 176 g/mol. The average molecular weight is 194 g/mol. The summed E-state index contributed by atoms with van der Waals surface area (Å²) in [5.74, 6) is 0.0948. The second-order valence-electron chi connectivity index (χ2n) is 4.50. The van der Waals surface area contributed by atoms with Gasteiger partial charge in [-0.2, -0.15) is 5.10 Å². The first-order valence-corrected chi connectivity index (χ1v) is 4.96. The van der Waals surface area contributed by atoms with E-state index in [1.807, 2.05) is 11.6 Å². The fourth-order valence-electron chi connectivity index (χ4n) is 1.59. The molecule has 78 valence electrons. The summed E-state index contributed by atoms with van der Waals surface area (Å²) in [5, 5.41) is 4.28. The molecule has 1 aromatic rings. The predicted octanol–water partition coefficient (Wildman–Crippen LogP) is 2.40. The van der Waals surface area contributed by atoms with Crippen LogP contribution in [0.15, 0.2) is 6.20 Å². The van der Waals surface area contributed by atoms with Crippen molar-refractivity contribution in [3.05, 3.63) is 17.5 Å². The zero-order valence-electron chi connectivity index (χ0n) is 9.59. The minimum atomic E-state index is -0.0565. The maximum atomic E-state index is 11.3. The number of rotatable bonds is 2. The third-order valence-electron chi connectivity index (χ3n) is 2.22. The maximum Gasteiger partial charge on any atom is 0.163 e. The lowest BCUT2D eigenvalue weighted by Gasteiger charge is -2.22. The van der Waals surface area contributed by atoms with E-state index >= 15 is 0 Å². The first-order chi connectivity index (χ1) is 6.38. The van der Waals surface area contributed by atoms with Gasteiger partial charge in [0.25, 0.3) is 0 Å². The van der Waals surface area contributed by atoms with Gasteiger partial charge in [0.1, 0.15) is 0 Å². The Morgan fingerprint density at radius 2 is 2.07 bits per heavy atom. The van der Waals surface area contributed by atoms with Crippen molar-refractivity contribution in [2.45, 2.75) is 46.6 Å². The first kappa shape index (κ1) is 11.0. The number of Topliss-reactive ketones (excluding diaryl/α,β-unsaturated/α-hetero) is 1. The lowest BCUT2D eigenvalue weighted by Crippen LogP contribution is -2.25. The Labute approximate surface area is 85.1 Å². The Morgan fingerprint density at radius 3 is 2.43 bits per heavy atom. The molecule has 3 nitrogen and oxygen atoms in total. The molecule has 1 aromatic heterocycles. The van der Waals surface area contributed by atoms with Crippen molar-refractivity contribution < 1.29 is 4.79 Å². The lowest BCUT2D eigenvalue weighted by molar-refractivity contribution is 0.101. The first-order valence-electron chi connectivity index (χ1n) is 4.96. The molecule has 0 aliphatic carbocycles. The van der Waals surface area contributed by atoms with E-state index in [2.05, 4.69) is 25.9 Å². The van der Waals surface area contributed by atoms with E-state index in [1.165, 1.54) is 0 Å². The molecule has 0 fully saturated rings. The van der Waals surface area contributed by atoms with Gasteiger partial charge >= 0.3 is 0 Å². The van der Waals surface area contributed by atoms with Crippen LogP contribution in [0.3, 0.4) is 0 Å². The maximum absolute atomic E-state index is 11.3. The van der Waals surface area contributed by atoms with E-state index in [1.54, 1.807) is 13.1 Å². The minimum absolute atomic E-state index is 0.0565. The van der Waals surface area contributed by atoms with E-state index in [-0.39, 0.29) is 11.3 Å². The molecule has 0 unspecified atom stereocenters. The van der Waals surface area contributed by atoms with Gasteiger partial charge in [-0.25, -0.2) is 0 Å². The van der Waals surface area contributed by atoms with E-state index in [9.17, 15) is 4.79 Å². The van der Waals surface area contributed by atoms with Crippen molar-refractivity contribution in [3.63, 3.8) is 0 Å². The topological polar surface area (TPSA) is 34.9 Å². The number of carbonyl (C=O) groups is 1. The van der Waals surface area contributed by atoms with Crippen molar-refractivity contribution in [1.82, 2.24) is 9.78 Å². The summed E-state index contributed by atoms with van der Waals surface area (Å²) in [6.07, 6.45) is 2.51. The Hall–Kier alpha value is -1.12. The highest BCUT2D eigenvalue weighted by Crippen LogP contribution is 2.19. The molecule has 0 aliphatic rings. The Kier molecular flexibility index (Phi) is 2.79. The van der Waals surface area contributed by atoms with Crippen molar-refractivity contribution >= 4 is 5.78 Å². The lowest BCUT2D eigenvalue weighted by atomic mass is 10.1. The van der Waals surface area contributed by atoms with Gasteiger partial charge in [-0.3, -0.25) is 9.48 Å². The molecule has 1 rings (SSSR count). The van der Waals surface area contributed by atoms with Crippen LogP contribution in [0.4, 0.5) is 0 Å². The molecule has 14 heavy (non-hydrogen) atoms. The van der Waals surface area contributed by atoms with Crippen LogP contribution in [0.25, 0.3) is 0 Å². The number of carbonyl (C=O) groups excluding carboxylic acids is 1. The van der Waals surface area contributed by atoms with Gasteiger partial charge in [0, 0.05) is 5.69 Å². The van der Waals surface area contributed by atoms with Crippen LogP contribution in [-0.2, 0) is 12.0 Å². The van der Waals surface area contributed by atoms with Gasteiger partial charge in [-0.1, -0.05) is 6.92 Å². The Balaban J connectivity index is 3.28. The molecule has 0 radical (unpaired) electrons. The fraction of sp³-hybridized carbons (Fsp3) is 0.636. The monoisotopic (exact) mass is 194 g/mol. The normalized spacial score (nSPS) is 11.8. The molecular formula is C11H18N2O. The second-order valence-corrected chi connectivity index (χ2v) is 4.50. The zero-order valence-corrected chi connectivity index (χ0v) is 9.59. The number of hydrogen-bond donors (Lipinski definition) is 0. The number of ketones is 1. The highest BCUT2D eigenvalue weighted by atomic mass is 16.1. The van der Waals surface area contributed by atoms with E-state index in [0.717, 1.165) is 17.7 Å². The molecule has 0 saturated heterocycles. The highest BCUT2D eigenvalue weighted by molar-refractivity contribution is 5.94. The van der Waals surface area contributed by atoms with Crippen LogP contribution in [0.5, 0.6) is 0 Å². The van der Waals surface area contributed by atoms with Gasteiger partial charge < -0.3 is 0 Å². The van der Waals surface area contributed by atoms with Crippen LogP contribution in [0, 0.1) is 0 Å². The Morgan fingerprint density at radius 1 is 1.50 bits per heavy atom. The van der Waals surface area contributed by atoms with Gasteiger partial charge in [0.15, 0.2) is 5.78 Å². The summed E-state index contributed by atoms with van der Waals surface area (Å²) >= 11 is 0. The third kappa shape index (κ3) is 1.86. The van der Waals surface area contributed by atoms with Crippen molar-refractivity contribution in [1.29, 1.82) is 0 Å². The molecule has 1 heterocycles. The molecule has 0 saturated carbocycles. The van der Waals surface area contributed by atoms with Crippen molar-refractivity contribution in [2.75, 3.05) is 0 Å². The summed E-state index contributed by atoms with van der Waals surface area (Å²) in [4.78, 5) is 11.3. The van der Waals surface area contributed by atoms with Gasteiger partial charge in [0.2, 0.25) is 0 Å². The SMILES string of the molecule is CCc1c(C(C)=O)cnn1C(C)(C)C. The van der Waals surface area contributed by atoms with Crippen LogP contribution < -0.4 is 0 Å². The Bertz CT molecular complexity index is 345. The third-order valence-corrected chi connectivity index (χ3v) is 2.22. The molecule has 3 heteroatoms. The van der Waals surface area contributed by atoms with Crippen LogP contribution in [0.2, 0.25) is 0 Å². The summed E-state index contributed by atoms with van der Waals surface area (Å²) in [6.45, 7) is 9.89. The molecule has 0 aliphatic heterocycles. The summed E-state index contributed by atoms with van der Waals surface area (Å²) in [6, 6.07) is 0. The fourth-order valence-corrected chi connectivity index (χ4v) is 1.59. The molecule has 0 aromatic carbocycles. The van der Waals surface area contributed by atoms with Crippen molar-refractivity contribution in [3.8, 4) is 0 Å². The highest BCUT2D eigenvalue weighted by Gasteiger charge is 2.21. The van der Waals surface area contributed by atoms with Crippen LogP contribution in [-0.4, -0.2) is 15.6 Å². The van der Waals surface area contributed by atoms with Crippen molar-refractivity contribution in [2.24, 2.45) is 0 Å². The largest absolute Gasteiger partial charge is 0.294 e. The molecule has 0 amide bonds. The van der Waals surface area contributed by atoms with Gasteiger partial charge in [-0.15, -0.1) is 0 Å². The molecule has 0 N–H and O–H groups in total. The molecule has 0 bridgehead atoms. The van der Waals surface area contributed by atoms with Crippen LogP contribution >= 0.6 is 0 Å². The van der Waals surface area contributed by atoms with Gasteiger partial charge in [0.05, 0.1) is 17.3 Å². The standard InChI is InChI=1S/C11H18N2O/c1-6-10-9(8(2)14)7-12-13(10)11(3,4)5/h7H,6H2,1-5H3. The summed E-state index contributed by atoms with van der Waals surface area (Å²) in [7, 11) is 0.